The smallest absolute Gasteiger partial charge is 0.356 e. The van der Waals surface area contributed by atoms with E-state index in [0.29, 0.717) is 11.4 Å². The predicted molar refractivity (Wildman–Crippen MR) is 109 cm³/mol. The zero-order valence-corrected chi connectivity index (χ0v) is 16.2. The maximum absolute atomic E-state index is 12.3. The van der Waals surface area contributed by atoms with Gasteiger partial charge in [0.25, 0.3) is 0 Å². The van der Waals surface area contributed by atoms with Crippen LogP contribution in [-0.2, 0) is 24.8 Å². The van der Waals surface area contributed by atoms with Crippen LogP contribution in [0.25, 0.3) is 33.5 Å². The number of nitrogens with zero attached hydrogens (tertiary/aromatic N) is 3. The first kappa shape index (κ1) is 16.8. The predicted octanol–water partition coefficient (Wildman–Crippen LogP) is 4.36. The molecule has 0 saturated heterocycles. The third kappa shape index (κ3) is 2.19. The zero-order chi connectivity index (χ0) is 19.4. The van der Waals surface area contributed by atoms with E-state index in [9.17, 15) is 4.79 Å². The SMILES string of the molecule is COC(=O)c1c(C)nc2n1CCc1c-2n(C)c2cccc(-c3ccccc3)c12. The molecule has 2 aromatic heterocycles. The number of rotatable bonds is 2. The zero-order valence-electron chi connectivity index (χ0n) is 16.2. The molecule has 5 rings (SSSR count). The van der Waals surface area contributed by atoms with Crippen LogP contribution in [0.1, 0.15) is 21.7 Å². The van der Waals surface area contributed by atoms with Crippen LogP contribution >= 0.6 is 0 Å². The molecule has 0 aliphatic carbocycles. The van der Waals surface area contributed by atoms with Gasteiger partial charge < -0.3 is 13.9 Å². The lowest BCUT2D eigenvalue weighted by atomic mass is 9.96. The first-order valence-corrected chi connectivity index (χ1v) is 9.43. The lowest BCUT2D eigenvalue weighted by molar-refractivity contribution is 0.0587. The molecule has 4 aromatic rings. The van der Waals surface area contributed by atoms with Gasteiger partial charge in [-0.05, 0) is 36.1 Å². The van der Waals surface area contributed by atoms with Gasteiger partial charge in [0, 0.05) is 24.5 Å². The molecule has 0 spiro atoms. The van der Waals surface area contributed by atoms with E-state index in [1.54, 1.807) is 0 Å². The number of hydrogen-bond acceptors (Lipinski definition) is 3. The summed E-state index contributed by atoms with van der Waals surface area (Å²) in [6.45, 7) is 2.59. The lowest BCUT2D eigenvalue weighted by Gasteiger charge is -2.18. The average molecular weight is 371 g/mol. The Morgan fingerprint density at radius 2 is 1.89 bits per heavy atom. The van der Waals surface area contributed by atoms with E-state index in [-0.39, 0.29) is 5.97 Å². The van der Waals surface area contributed by atoms with E-state index in [2.05, 4.69) is 54.1 Å². The number of methoxy groups -OCH3 is 1. The highest BCUT2D eigenvalue weighted by Crippen LogP contribution is 2.41. The number of fused-ring (bicyclic) bond motifs is 5. The molecule has 0 atom stereocenters. The number of carbonyl (C=O) groups excluding carboxylic acids is 1. The Labute approximate surface area is 163 Å². The fraction of sp³-hybridized carbons (Fsp3) is 0.217. The van der Waals surface area contributed by atoms with Gasteiger partial charge in [-0.1, -0.05) is 42.5 Å². The maximum Gasteiger partial charge on any atom is 0.356 e. The van der Waals surface area contributed by atoms with Crippen LogP contribution in [0.3, 0.4) is 0 Å². The molecule has 0 saturated carbocycles. The largest absolute Gasteiger partial charge is 0.464 e. The second-order valence-electron chi connectivity index (χ2n) is 7.21. The first-order chi connectivity index (χ1) is 13.6. The van der Waals surface area contributed by atoms with E-state index in [1.807, 2.05) is 17.6 Å². The van der Waals surface area contributed by atoms with Crippen LogP contribution < -0.4 is 0 Å². The van der Waals surface area contributed by atoms with Crippen molar-refractivity contribution in [1.82, 2.24) is 14.1 Å². The Morgan fingerprint density at radius 1 is 1.11 bits per heavy atom. The minimum Gasteiger partial charge on any atom is -0.464 e. The lowest BCUT2D eigenvalue weighted by Crippen LogP contribution is -2.18. The van der Waals surface area contributed by atoms with Crippen molar-refractivity contribution in [3.8, 4) is 22.6 Å². The van der Waals surface area contributed by atoms with Gasteiger partial charge in [-0.25, -0.2) is 9.78 Å². The van der Waals surface area contributed by atoms with Crippen molar-refractivity contribution in [3.63, 3.8) is 0 Å². The van der Waals surface area contributed by atoms with E-state index < -0.39 is 0 Å². The second-order valence-corrected chi connectivity index (χ2v) is 7.21. The summed E-state index contributed by atoms with van der Waals surface area (Å²) in [5, 5.41) is 1.28. The monoisotopic (exact) mass is 371 g/mol. The standard InChI is InChI=1S/C23H21N3O2/c1-14-20(23(27)28-3)26-13-12-17-19-16(15-8-5-4-6-9-15)10-7-11-18(19)25(2)21(17)22(26)24-14/h4-11H,12-13H2,1-3H3. The number of carbonyl (C=O) groups is 1. The molecule has 0 radical (unpaired) electrons. The highest BCUT2D eigenvalue weighted by atomic mass is 16.5. The first-order valence-electron chi connectivity index (χ1n) is 9.43. The minimum absolute atomic E-state index is 0.330. The van der Waals surface area contributed by atoms with Crippen LogP contribution in [0.15, 0.2) is 48.5 Å². The van der Waals surface area contributed by atoms with Gasteiger partial charge in [-0.2, -0.15) is 0 Å². The second kappa shape index (κ2) is 6.09. The molecule has 140 valence electrons. The third-order valence-corrected chi connectivity index (χ3v) is 5.73. The normalized spacial score (nSPS) is 12.7. The topological polar surface area (TPSA) is 49.0 Å². The fourth-order valence-corrected chi connectivity index (χ4v) is 4.51. The molecule has 0 N–H and O–H groups in total. The number of esters is 1. The van der Waals surface area contributed by atoms with Crippen LogP contribution in [0, 0.1) is 6.92 Å². The van der Waals surface area contributed by atoms with Crippen molar-refractivity contribution >= 4 is 16.9 Å². The summed E-state index contributed by atoms with van der Waals surface area (Å²) < 4.78 is 9.20. The van der Waals surface area contributed by atoms with Gasteiger partial charge in [-0.15, -0.1) is 0 Å². The fourth-order valence-electron chi connectivity index (χ4n) is 4.51. The molecule has 5 heteroatoms. The van der Waals surface area contributed by atoms with Gasteiger partial charge >= 0.3 is 5.97 Å². The van der Waals surface area contributed by atoms with Crippen molar-refractivity contribution in [2.24, 2.45) is 7.05 Å². The molecular weight excluding hydrogens is 350 g/mol. The minimum atomic E-state index is -0.330. The molecular formula is C23H21N3O2. The Hall–Kier alpha value is -3.34. The highest BCUT2D eigenvalue weighted by molar-refractivity contribution is 6.02. The van der Waals surface area contributed by atoms with Crippen LogP contribution in [0.4, 0.5) is 0 Å². The summed E-state index contributed by atoms with van der Waals surface area (Å²) in [6, 6.07) is 16.9. The molecule has 3 heterocycles. The molecule has 28 heavy (non-hydrogen) atoms. The van der Waals surface area contributed by atoms with Gasteiger partial charge in [0.15, 0.2) is 11.5 Å². The Morgan fingerprint density at radius 3 is 2.64 bits per heavy atom. The summed E-state index contributed by atoms with van der Waals surface area (Å²) >= 11 is 0. The molecule has 0 amide bonds. The summed E-state index contributed by atoms with van der Waals surface area (Å²) in [7, 11) is 3.49. The summed E-state index contributed by atoms with van der Waals surface area (Å²) in [6.07, 6.45) is 0.851. The third-order valence-electron chi connectivity index (χ3n) is 5.73. The number of benzene rings is 2. The van der Waals surface area contributed by atoms with Crippen LogP contribution in [0.2, 0.25) is 0 Å². The molecule has 2 aromatic carbocycles. The molecule has 0 bridgehead atoms. The van der Waals surface area contributed by atoms with Crippen molar-refractivity contribution < 1.29 is 9.53 Å². The van der Waals surface area contributed by atoms with E-state index in [0.717, 1.165) is 24.5 Å². The van der Waals surface area contributed by atoms with Crippen LogP contribution in [0.5, 0.6) is 0 Å². The highest BCUT2D eigenvalue weighted by Gasteiger charge is 2.30. The molecule has 0 unspecified atom stereocenters. The van der Waals surface area contributed by atoms with Gasteiger partial charge in [-0.3, -0.25) is 0 Å². The Balaban J connectivity index is 1.82. The Bertz CT molecular complexity index is 1230. The van der Waals surface area contributed by atoms with Gasteiger partial charge in [0.2, 0.25) is 0 Å². The molecule has 0 fully saturated rings. The number of aromatic nitrogens is 3. The molecule has 1 aliphatic heterocycles. The summed E-state index contributed by atoms with van der Waals surface area (Å²) in [5.41, 5.74) is 7.27. The maximum atomic E-state index is 12.3. The van der Waals surface area contributed by atoms with E-state index in [4.69, 9.17) is 9.72 Å². The number of ether oxygens (including phenoxy) is 1. The van der Waals surface area contributed by atoms with Gasteiger partial charge in [0.05, 0.1) is 18.5 Å². The average Bonchev–Trinajstić information content (AvgIpc) is 3.22. The quantitative estimate of drug-likeness (QED) is 0.492. The summed E-state index contributed by atoms with van der Waals surface area (Å²) in [4.78, 5) is 17.0. The molecule has 5 nitrogen and oxygen atoms in total. The number of imidazole rings is 1. The summed E-state index contributed by atoms with van der Waals surface area (Å²) in [5.74, 6) is 0.514. The van der Waals surface area contributed by atoms with Crippen LogP contribution in [-0.4, -0.2) is 27.2 Å². The molecule has 1 aliphatic rings. The van der Waals surface area contributed by atoms with Crippen molar-refractivity contribution in [2.75, 3.05) is 7.11 Å². The van der Waals surface area contributed by atoms with E-state index >= 15 is 0 Å². The van der Waals surface area contributed by atoms with Crippen molar-refractivity contribution in [2.45, 2.75) is 19.9 Å². The van der Waals surface area contributed by atoms with Crippen molar-refractivity contribution in [1.29, 1.82) is 0 Å². The van der Waals surface area contributed by atoms with Crippen molar-refractivity contribution in [3.05, 3.63) is 65.5 Å². The Kier molecular flexibility index (Phi) is 3.66. The van der Waals surface area contributed by atoms with E-state index in [1.165, 1.54) is 34.7 Å². The number of hydrogen-bond donors (Lipinski definition) is 0. The van der Waals surface area contributed by atoms with Gasteiger partial charge in [0.1, 0.15) is 0 Å². The number of aryl methyl sites for hydroxylation is 3.